The fourth-order valence-corrected chi connectivity index (χ4v) is 10.9. The third kappa shape index (κ3) is 12.7. The highest BCUT2D eigenvalue weighted by atomic mass is 16.6. The topological polar surface area (TPSA) is 111 Å². The number of allylic oxidation sites excluding steroid dienone is 2. The molecule has 11 nitrogen and oxygen atoms in total. The molecule has 2 saturated heterocycles. The van der Waals surface area contributed by atoms with E-state index in [1.54, 1.807) is 12.2 Å². The van der Waals surface area contributed by atoms with E-state index >= 15 is 0 Å². The normalized spacial score (nSPS) is 23.7. The monoisotopic (exact) mass is 917 g/mol. The quantitative estimate of drug-likeness (QED) is 0.0826. The molecule has 4 unspecified atom stereocenters. The van der Waals surface area contributed by atoms with Crippen LogP contribution in [0.5, 0.6) is 0 Å². The number of ether oxygens (including phenoxy) is 2. The van der Waals surface area contributed by atoms with Gasteiger partial charge in [0.05, 0.1) is 11.8 Å². The van der Waals surface area contributed by atoms with Gasteiger partial charge in [-0.25, -0.2) is 13.7 Å². The standard InChI is InChI=1S/C29H48N2O6.C27H30N3/c1-11-18-13-19(12-2)23(25(33)37-21-16-28(7,8)31(35)29(9,10)17-21)22(18)24(32)36-20-14-26(3,4)30(34)27(5,6)15-20;1-22-4-10-28(11-5-22)19-25-16-26(20-29-12-6-23(2)7-13-29)18-27(17-25)21-30-14-8-24(3)9-15-30/h11-12,18-23,34-35H,1-2,13-17H2,3-10H3;4-18H,19-21H2,1-3H3/q;+3. The molecule has 0 radical (unpaired) electrons. The van der Waals surface area contributed by atoms with Crippen LogP contribution in [-0.2, 0) is 38.7 Å². The molecule has 0 amide bonds. The lowest BCUT2D eigenvalue weighted by Crippen LogP contribution is -2.61. The molecule has 5 heterocycles. The lowest BCUT2D eigenvalue weighted by atomic mass is 9.79. The molecule has 3 aliphatic rings. The Balaban J connectivity index is 0.000000225. The number of aryl methyl sites for hydroxylation is 3. The number of nitrogens with zero attached hydrogens (tertiary/aromatic N) is 5. The second-order valence-corrected chi connectivity index (χ2v) is 22.2. The number of hydrogen-bond donors (Lipinski definition) is 2. The number of pyridine rings is 3. The maximum atomic E-state index is 13.7. The molecule has 0 spiro atoms. The summed E-state index contributed by atoms with van der Waals surface area (Å²) in [5, 5.41) is 23.9. The van der Waals surface area contributed by atoms with Gasteiger partial charge < -0.3 is 19.9 Å². The number of esters is 2. The van der Waals surface area contributed by atoms with Crippen LogP contribution in [0.1, 0.15) is 121 Å². The predicted octanol–water partition coefficient (Wildman–Crippen LogP) is 8.75. The van der Waals surface area contributed by atoms with E-state index in [1.807, 2.05) is 55.4 Å². The molecule has 7 rings (SSSR count). The Morgan fingerprint density at radius 2 is 0.806 bits per heavy atom. The fraction of sp³-hybridized carbons (Fsp3) is 0.518. The van der Waals surface area contributed by atoms with Gasteiger partial charge in [-0.05, 0) is 129 Å². The van der Waals surface area contributed by atoms with Crippen molar-refractivity contribution in [3.05, 3.63) is 150 Å². The maximum Gasteiger partial charge on any atom is 0.310 e. The van der Waals surface area contributed by atoms with Gasteiger partial charge in [-0.2, -0.15) is 10.1 Å². The van der Waals surface area contributed by atoms with Crippen LogP contribution in [0.25, 0.3) is 0 Å². The molecule has 11 heteroatoms. The summed E-state index contributed by atoms with van der Waals surface area (Å²) in [6.07, 6.45) is 18.1. The summed E-state index contributed by atoms with van der Waals surface area (Å²) in [5.74, 6) is -2.76. The Kier molecular flexibility index (Phi) is 15.8. The van der Waals surface area contributed by atoms with E-state index in [9.17, 15) is 20.0 Å². The number of piperidine rings is 2. The highest BCUT2D eigenvalue weighted by Crippen LogP contribution is 2.47. The van der Waals surface area contributed by atoms with Crippen LogP contribution in [-0.4, -0.2) is 66.8 Å². The number of hydroxylamine groups is 4. The molecule has 1 saturated carbocycles. The van der Waals surface area contributed by atoms with Gasteiger partial charge in [-0.3, -0.25) is 9.59 Å². The smallest absolute Gasteiger partial charge is 0.310 e. The van der Waals surface area contributed by atoms with E-state index in [1.165, 1.54) is 43.5 Å². The van der Waals surface area contributed by atoms with Gasteiger partial charge in [-0.1, -0.05) is 12.2 Å². The summed E-state index contributed by atoms with van der Waals surface area (Å²) in [4.78, 5) is 27.4. The molecule has 3 aromatic heterocycles. The Morgan fingerprint density at radius 3 is 1.04 bits per heavy atom. The molecule has 67 heavy (non-hydrogen) atoms. The first-order valence-corrected chi connectivity index (χ1v) is 24.0. The van der Waals surface area contributed by atoms with E-state index in [0.29, 0.717) is 32.1 Å². The minimum absolute atomic E-state index is 0.237. The second kappa shape index (κ2) is 20.7. The number of carbonyl (C=O) groups excluding carboxylic acids is 2. The van der Waals surface area contributed by atoms with E-state index in [-0.39, 0.29) is 24.0 Å². The summed E-state index contributed by atoms with van der Waals surface area (Å²) in [5.41, 5.74) is 5.58. The number of hydrogen-bond acceptors (Lipinski definition) is 8. The largest absolute Gasteiger partial charge is 0.462 e. The summed E-state index contributed by atoms with van der Waals surface area (Å²) in [6.45, 7) is 32.2. The van der Waals surface area contributed by atoms with Gasteiger partial charge in [0.2, 0.25) is 0 Å². The van der Waals surface area contributed by atoms with E-state index in [0.717, 1.165) is 19.6 Å². The van der Waals surface area contributed by atoms with Gasteiger partial charge in [0.25, 0.3) is 0 Å². The molecule has 4 atom stereocenters. The van der Waals surface area contributed by atoms with Crippen LogP contribution in [0.15, 0.2) is 117 Å². The van der Waals surface area contributed by atoms with Crippen LogP contribution < -0.4 is 13.7 Å². The van der Waals surface area contributed by atoms with E-state index < -0.39 is 45.9 Å². The van der Waals surface area contributed by atoms with Crippen molar-refractivity contribution in [3.8, 4) is 0 Å². The average Bonchev–Trinajstić information content (AvgIpc) is 3.64. The molecule has 3 fully saturated rings. The Morgan fingerprint density at radius 1 is 0.552 bits per heavy atom. The number of rotatable bonds is 12. The van der Waals surface area contributed by atoms with Crippen molar-refractivity contribution >= 4 is 11.9 Å². The predicted molar refractivity (Wildman–Crippen MR) is 259 cm³/mol. The lowest BCUT2D eigenvalue weighted by molar-refractivity contribution is -0.690. The van der Waals surface area contributed by atoms with Crippen LogP contribution >= 0.6 is 0 Å². The molecule has 2 aliphatic heterocycles. The molecule has 0 bridgehead atoms. The van der Waals surface area contributed by atoms with Crippen molar-refractivity contribution < 1.29 is 43.2 Å². The Bertz CT molecular complexity index is 2090. The van der Waals surface area contributed by atoms with Crippen molar-refractivity contribution in [1.82, 2.24) is 10.1 Å². The maximum absolute atomic E-state index is 13.7. The van der Waals surface area contributed by atoms with E-state index in [2.05, 4.69) is 139 Å². The molecular formula is C56H78N5O6+3. The zero-order valence-electron chi connectivity index (χ0n) is 42.1. The number of carbonyl (C=O) groups is 2. The minimum Gasteiger partial charge on any atom is -0.462 e. The van der Waals surface area contributed by atoms with Crippen molar-refractivity contribution in [2.45, 2.75) is 162 Å². The molecule has 4 aromatic rings. The second-order valence-electron chi connectivity index (χ2n) is 22.2. The average molecular weight is 917 g/mol. The van der Waals surface area contributed by atoms with Gasteiger partial charge in [0, 0.05) is 101 Å². The number of aromatic nitrogens is 3. The third-order valence-electron chi connectivity index (χ3n) is 14.2. The molecule has 2 N–H and O–H groups in total. The molecule has 360 valence electrons. The van der Waals surface area contributed by atoms with Crippen LogP contribution in [0, 0.1) is 44.4 Å². The molecule has 1 aromatic carbocycles. The Hall–Kier alpha value is -5.07. The summed E-state index contributed by atoms with van der Waals surface area (Å²) in [7, 11) is 0. The van der Waals surface area contributed by atoms with Crippen LogP contribution in [0.4, 0.5) is 0 Å². The van der Waals surface area contributed by atoms with Crippen LogP contribution in [0.3, 0.4) is 0 Å². The first kappa shape index (κ1) is 51.3. The van der Waals surface area contributed by atoms with E-state index in [4.69, 9.17) is 9.47 Å². The first-order chi connectivity index (χ1) is 31.4. The van der Waals surface area contributed by atoms with Gasteiger partial charge in [0.1, 0.15) is 12.2 Å². The van der Waals surface area contributed by atoms with Gasteiger partial charge in [-0.15, -0.1) is 13.2 Å². The van der Waals surface area contributed by atoms with Gasteiger partial charge >= 0.3 is 11.9 Å². The summed E-state index contributed by atoms with van der Waals surface area (Å²) in [6, 6.07) is 20.0. The first-order valence-electron chi connectivity index (χ1n) is 24.0. The third-order valence-corrected chi connectivity index (χ3v) is 14.2. The fourth-order valence-electron chi connectivity index (χ4n) is 10.9. The Labute approximate surface area is 400 Å². The van der Waals surface area contributed by atoms with Crippen molar-refractivity contribution in [2.75, 3.05) is 0 Å². The zero-order chi connectivity index (χ0) is 49.1. The SMILES string of the molecule is C=CC1CC(C=C)C(C(=O)OC2CC(C)(C)N(O)C(C)(C)C2)C1C(=O)OC1CC(C)(C)N(O)C(C)(C)C1.Cc1cc[n+](Cc2cc(C[n+]3ccc(C)cc3)cc(C[n+]3ccc(C)cc3)c2)cc1. The van der Waals surface area contributed by atoms with Crippen molar-refractivity contribution in [3.63, 3.8) is 0 Å². The molecule has 1 aliphatic carbocycles. The highest BCUT2D eigenvalue weighted by molar-refractivity contribution is 5.84. The molecular weight excluding hydrogens is 839 g/mol. The highest BCUT2D eigenvalue weighted by Gasteiger charge is 2.54. The van der Waals surface area contributed by atoms with Gasteiger partial charge in [0.15, 0.2) is 56.8 Å². The van der Waals surface area contributed by atoms with Crippen LogP contribution in [0.2, 0.25) is 0 Å². The summed E-state index contributed by atoms with van der Waals surface area (Å²) >= 11 is 0. The zero-order valence-corrected chi connectivity index (χ0v) is 42.1. The minimum atomic E-state index is -0.717. The lowest BCUT2D eigenvalue weighted by Gasteiger charge is -2.51. The van der Waals surface area contributed by atoms with Crippen molar-refractivity contribution in [2.24, 2.45) is 23.7 Å². The summed E-state index contributed by atoms with van der Waals surface area (Å²) < 4.78 is 18.9. The number of benzene rings is 1. The van der Waals surface area contributed by atoms with Crippen molar-refractivity contribution in [1.29, 1.82) is 0 Å².